The Morgan fingerprint density at radius 3 is 2.67 bits per heavy atom. The number of fused-ring (bicyclic) bond motifs is 2. The third-order valence-electron chi connectivity index (χ3n) is 4.98. The summed E-state index contributed by atoms with van der Waals surface area (Å²) in [5.74, 6) is -0.740. The summed E-state index contributed by atoms with van der Waals surface area (Å²) in [6.07, 6.45) is 1.51. The molecule has 5 rings (SSSR count). The number of carbonyl (C=O) groups is 3. The molecule has 1 N–H and O–H groups in total. The third kappa shape index (κ3) is 2.60. The highest BCUT2D eigenvalue weighted by Gasteiger charge is 2.33. The first-order valence-electron chi connectivity index (χ1n) is 9.02. The highest BCUT2D eigenvalue weighted by Crippen LogP contribution is 2.29. The monoisotopic (exact) mass is 402 g/mol. The standard InChI is InChI=1S/C21H14N4O5/c1-10-17-14(9-15(16-4-3-7-29-16)23-19(17)30-24-10)18(26)22-11-5-6-12-13(8-11)21(28)25(2)20(12)27/h3-9H,1-2H3,(H,22,26). The van der Waals surface area contributed by atoms with Gasteiger partial charge in [-0.2, -0.15) is 0 Å². The lowest BCUT2D eigenvalue weighted by Gasteiger charge is -2.08. The number of imide groups is 1. The van der Waals surface area contributed by atoms with Crippen molar-refractivity contribution >= 4 is 34.5 Å². The summed E-state index contributed by atoms with van der Waals surface area (Å²) >= 11 is 0. The lowest BCUT2D eigenvalue weighted by molar-refractivity contribution is 0.0692. The molecule has 0 saturated heterocycles. The van der Waals surface area contributed by atoms with Crippen LogP contribution in [-0.4, -0.2) is 39.8 Å². The smallest absolute Gasteiger partial charge is 0.261 e. The molecular formula is C21H14N4O5. The Morgan fingerprint density at radius 1 is 1.10 bits per heavy atom. The van der Waals surface area contributed by atoms with E-state index in [-0.39, 0.29) is 17.2 Å². The Bertz CT molecular complexity index is 1350. The van der Waals surface area contributed by atoms with E-state index >= 15 is 0 Å². The average Bonchev–Trinajstić information content (AvgIpc) is 3.45. The minimum Gasteiger partial charge on any atom is -0.463 e. The predicted molar refractivity (Wildman–Crippen MR) is 105 cm³/mol. The molecule has 0 fully saturated rings. The van der Waals surface area contributed by atoms with Crippen molar-refractivity contribution in [1.82, 2.24) is 15.0 Å². The molecule has 0 saturated carbocycles. The van der Waals surface area contributed by atoms with Crippen LogP contribution in [0.4, 0.5) is 5.69 Å². The van der Waals surface area contributed by atoms with Crippen LogP contribution in [0.1, 0.15) is 36.8 Å². The fourth-order valence-corrected chi connectivity index (χ4v) is 3.46. The van der Waals surface area contributed by atoms with E-state index in [2.05, 4.69) is 15.5 Å². The molecule has 0 spiro atoms. The number of hydrogen-bond donors (Lipinski definition) is 1. The first kappa shape index (κ1) is 17.8. The Balaban J connectivity index is 1.55. The molecule has 4 aromatic rings. The van der Waals surface area contributed by atoms with Crippen molar-refractivity contribution in [2.75, 3.05) is 12.4 Å². The number of benzene rings is 1. The normalized spacial score (nSPS) is 13.2. The number of carbonyl (C=O) groups excluding carboxylic acids is 3. The fraction of sp³-hybridized carbons (Fsp3) is 0.0952. The van der Waals surface area contributed by atoms with Crippen LogP contribution >= 0.6 is 0 Å². The zero-order valence-corrected chi connectivity index (χ0v) is 15.9. The van der Waals surface area contributed by atoms with Gasteiger partial charge >= 0.3 is 0 Å². The number of nitrogens with zero attached hydrogens (tertiary/aromatic N) is 3. The molecule has 4 heterocycles. The second-order valence-electron chi connectivity index (χ2n) is 6.86. The van der Waals surface area contributed by atoms with Crippen LogP contribution < -0.4 is 5.32 Å². The van der Waals surface area contributed by atoms with Gasteiger partial charge in [0.15, 0.2) is 5.76 Å². The van der Waals surface area contributed by atoms with E-state index in [1.807, 2.05) is 0 Å². The Kier molecular flexibility index (Phi) is 3.78. The van der Waals surface area contributed by atoms with Gasteiger partial charge in [-0.3, -0.25) is 19.3 Å². The molecule has 0 atom stereocenters. The van der Waals surface area contributed by atoms with Crippen LogP contribution in [-0.2, 0) is 0 Å². The first-order valence-corrected chi connectivity index (χ1v) is 9.02. The quantitative estimate of drug-likeness (QED) is 0.522. The van der Waals surface area contributed by atoms with Crippen LogP contribution in [0.2, 0.25) is 0 Å². The minimum atomic E-state index is -0.438. The zero-order valence-electron chi connectivity index (χ0n) is 15.9. The highest BCUT2D eigenvalue weighted by atomic mass is 16.5. The summed E-state index contributed by atoms with van der Waals surface area (Å²) in [6, 6.07) is 9.62. The van der Waals surface area contributed by atoms with Gasteiger partial charge in [0, 0.05) is 12.7 Å². The van der Waals surface area contributed by atoms with Gasteiger partial charge in [-0.25, -0.2) is 4.98 Å². The summed E-state index contributed by atoms with van der Waals surface area (Å²) in [7, 11) is 1.42. The molecule has 1 aromatic carbocycles. The molecule has 3 amide bonds. The number of nitrogens with one attached hydrogen (secondary N) is 1. The molecule has 0 unspecified atom stereocenters. The van der Waals surface area contributed by atoms with E-state index in [9.17, 15) is 14.4 Å². The molecule has 148 valence electrons. The maximum absolute atomic E-state index is 13.1. The van der Waals surface area contributed by atoms with Crippen molar-refractivity contribution in [3.63, 3.8) is 0 Å². The summed E-state index contributed by atoms with van der Waals surface area (Å²) in [6.45, 7) is 1.71. The molecular weight excluding hydrogens is 388 g/mol. The van der Waals surface area contributed by atoms with Gasteiger partial charge in [0.2, 0.25) is 0 Å². The van der Waals surface area contributed by atoms with Crippen molar-refractivity contribution in [2.24, 2.45) is 0 Å². The molecule has 9 nitrogen and oxygen atoms in total. The summed E-state index contributed by atoms with van der Waals surface area (Å²) in [4.78, 5) is 42.8. The summed E-state index contributed by atoms with van der Waals surface area (Å²) in [5.41, 5.74) is 2.39. The summed E-state index contributed by atoms with van der Waals surface area (Å²) in [5, 5.41) is 7.16. The van der Waals surface area contributed by atoms with E-state index in [4.69, 9.17) is 8.94 Å². The third-order valence-corrected chi connectivity index (χ3v) is 4.98. The number of aryl methyl sites for hydroxylation is 1. The topological polar surface area (TPSA) is 119 Å². The van der Waals surface area contributed by atoms with Crippen LogP contribution in [0.5, 0.6) is 0 Å². The van der Waals surface area contributed by atoms with E-state index in [1.165, 1.54) is 25.4 Å². The molecule has 0 bridgehead atoms. The Labute approximate surface area is 169 Å². The van der Waals surface area contributed by atoms with Gasteiger partial charge in [-0.05, 0) is 43.3 Å². The maximum atomic E-state index is 13.1. The van der Waals surface area contributed by atoms with Gasteiger partial charge in [0.25, 0.3) is 23.4 Å². The number of pyridine rings is 1. The molecule has 3 aromatic heterocycles. The predicted octanol–water partition coefficient (Wildman–Crippen LogP) is 3.27. The van der Waals surface area contributed by atoms with E-state index < -0.39 is 11.8 Å². The number of rotatable bonds is 3. The van der Waals surface area contributed by atoms with E-state index in [0.29, 0.717) is 39.3 Å². The zero-order chi connectivity index (χ0) is 21.0. The van der Waals surface area contributed by atoms with Gasteiger partial charge in [0.1, 0.15) is 5.69 Å². The maximum Gasteiger partial charge on any atom is 0.261 e. The Hall–Kier alpha value is -4.27. The Morgan fingerprint density at radius 2 is 1.90 bits per heavy atom. The lowest BCUT2D eigenvalue weighted by atomic mass is 10.1. The van der Waals surface area contributed by atoms with Gasteiger partial charge in [-0.15, -0.1) is 0 Å². The van der Waals surface area contributed by atoms with Crippen molar-refractivity contribution in [3.8, 4) is 11.5 Å². The largest absolute Gasteiger partial charge is 0.463 e. The van der Waals surface area contributed by atoms with Crippen LogP contribution in [0.3, 0.4) is 0 Å². The fourth-order valence-electron chi connectivity index (χ4n) is 3.46. The minimum absolute atomic E-state index is 0.211. The molecule has 9 heteroatoms. The van der Waals surface area contributed by atoms with Crippen molar-refractivity contribution < 1.29 is 23.3 Å². The lowest BCUT2D eigenvalue weighted by Crippen LogP contribution is -2.24. The average molecular weight is 402 g/mol. The number of hydrogen-bond acceptors (Lipinski definition) is 7. The van der Waals surface area contributed by atoms with Gasteiger partial charge < -0.3 is 14.3 Å². The highest BCUT2D eigenvalue weighted by molar-refractivity contribution is 6.22. The van der Waals surface area contributed by atoms with Crippen molar-refractivity contribution in [2.45, 2.75) is 6.92 Å². The van der Waals surface area contributed by atoms with Crippen LogP contribution in [0.25, 0.3) is 22.6 Å². The van der Waals surface area contributed by atoms with Gasteiger partial charge in [0.05, 0.1) is 34.0 Å². The SMILES string of the molecule is Cc1noc2nc(-c3ccco3)cc(C(=O)Nc3ccc4c(c3)C(=O)N(C)C4=O)c12. The molecule has 1 aliphatic rings. The van der Waals surface area contributed by atoms with E-state index in [1.54, 1.807) is 31.2 Å². The number of anilines is 1. The molecule has 30 heavy (non-hydrogen) atoms. The number of amides is 3. The van der Waals surface area contributed by atoms with Gasteiger partial charge in [-0.1, -0.05) is 5.16 Å². The van der Waals surface area contributed by atoms with Crippen molar-refractivity contribution in [1.29, 1.82) is 0 Å². The number of aromatic nitrogens is 2. The number of furan rings is 1. The second kappa shape index (κ2) is 6.38. The van der Waals surface area contributed by atoms with E-state index in [0.717, 1.165) is 4.90 Å². The van der Waals surface area contributed by atoms with Crippen LogP contribution in [0, 0.1) is 6.92 Å². The van der Waals surface area contributed by atoms with Crippen LogP contribution in [0.15, 0.2) is 51.6 Å². The molecule has 1 aliphatic heterocycles. The second-order valence-corrected chi connectivity index (χ2v) is 6.86. The molecule has 0 radical (unpaired) electrons. The summed E-state index contributed by atoms with van der Waals surface area (Å²) < 4.78 is 10.6. The molecule has 0 aliphatic carbocycles. The van der Waals surface area contributed by atoms with Crippen molar-refractivity contribution in [3.05, 3.63) is 65.0 Å². The first-order chi connectivity index (χ1) is 14.4.